The second-order valence-electron chi connectivity index (χ2n) is 6.46. The van der Waals surface area contributed by atoms with Crippen LogP contribution in [0.5, 0.6) is 5.75 Å². The van der Waals surface area contributed by atoms with Gasteiger partial charge in [-0.05, 0) is 69.3 Å². The molecule has 0 bridgehead atoms. The quantitative estimate of drug-likeness (QED) is 0.676. The predicted molar refractivity (Wildman–Crippen MR) is 111 cm³/mol. The van der Waals surface area contributed by atoms with Gasteiger partial charge >= 0.3 is 0 Å². The van der Waals surface area contributed by atoms with Crippen LogP contribution >= 0.6 is 0 Å². The van der Waals surface area contributed by atoms with Crippen LogP contribution < -0.4 is 9.46 Å². The van der Waals surface area contributed by atoms with Gasteiger partial charge in [0, 0.05) is 24.3 Å². The monoisotopic (exact) mass is 415 g/mol. The minimum atomic E-state index is -3.76. The van der Waals surface area contributed by atoms with Crippen molar-refractivity contribution in [3.8, 4) is 11.8 Å². The molecule has 1 N–H and O–H groups in total. The smallest absolute Gasteiger partial charge is 0.261 e. The van der Waals surface area contributed by atoms with Gasteiger partial charge in [0.05, 0.1) is 23.5 Å². The van der Waals surface area contributed by atoms with Gasteiger partial charge < -0.3 is 9.64 Å². The number of amides is 1. The average molecular weight is 416 g/mol. The molecule has 0 heterocycles. The molecule has 1 unspecified atom stereocenters. The maximum Gasteiger partial charge on any atom is 0.261 e. The normalized spacial score (nSPS) is 11.9. The second kappa shape index (κ2) is 9.94. The Morgan fingerprint density at radius 1 is 1.14 bits per heavy atom. The fourth-order valence-electron chi connectivity index (χ4n) is 2.69. The van der Waals surface area contributed by atoms with E-state index < -0.39 is 10.0 Å². The summed E-state index contributed by atoms with van der Waals surface area (Å²) in [7, 11) is -3.76. The van der Waals surface area contributed by atoms with Crippen LogP contribution in [-0.2, 0) is 10.0 Å². The summed E-state index contributed by atoms with van der Waals surface area (Å²) in [5, 5.41) is 8.95. The van der Waals surface area contributed by atoms with E-state index in [0.29, 0.717) is 36.7 Å². The van der Waals surface area contributed by atoms with E-state index in [1.165, 1.54) is 12.1 Å². The van der Waals surface area contributed by atoms with Gasteiger partial charge in [0.1, 0.15) is 5.75 Å². The summed E-state index contributed by atoms with van der Waals surface area (Å²) in [6.45, 7) is 6.79. The zero-order valence-electron chi connectivity index (χ0n) is 16.8. The van der Waals surface area contributed by atoms with Crippen LogP contribution in [0, 0.1) is 17.2 Å². The lowest BCUT2D eigenvalue weighted by molar-refractivity contribution is 0.0752. The highest BCUT2D eigenvalue weighted by Crippen LogP contribution is 2.20. The third-order valence-corrected chi connectivity index (χ3v) is 5.61. The predicted octanol–water partition coefficient (Wildman–Crippen LogP) is 3.51. The molecular formula is C21H25N3O4S. The maximum absolute atomic E-state index is 12.6. The highest BCUT2D eigenvalue weighted by molar-refractivity contribution is 7.92. The van der Waals surface area contributed by atoms with E-state index >= 15 is 0 Å². The van der Waals surface area contributed by atoms with Crippen molar-refractivity contribution in [1.82, 2.24) is 4.90 Å². The van der Waals surface area contributed by atoms with E-state index in [-0.39, 0.29) is 16.7 Å². The Balaban J connectivity index is 2.11. The molecule has 0 fully saturated rings. The molecular weight excluding hydrogens is 390 g/mol. The molecule has 8 heteroatoms. The number of hydrogen-bond acceptors (Lipinski definition) is 5. The third kappa shape index (κ3) is 5.96. The topological polar surface area (TPSA) is 99.5 Å². The zero-order chi connectivity index (χ0) is 21.4. The average Bonchev–Trinajstić information content (AvgIpc) is 2.72. The molecule has 2 aromatic carbocycles. The van der Waals surface area contributed by atoms with Gasteiger partial charge in [-0.15, -0.1) is 0 Å². The molecule has 0 aliphatic rings. The number of nitriles is 1. The molecule has 29 heavy (non-hydrogen) atoms. The molecule has 0 aliphatic carbocycles. The molecule has 2 aromatic rings. The Kier molecular flexibility index (Phi) is 7.62. The van der Waals surface area contributed by atoms with E-state index in [1.807, 2.05) is 13.8 Å². The number of benzene rings is 2. The van der Waals surface area contributed by atoms with Crippen molar-refractivity contribution >= 4 is 21.6 Å². The zero-order valence-corrected chi connectivity index (χ0v) is 17.6. The summed E-state index contributed by atoms with van der Waals surface area (Å²) in [5.41, 5.74) is 0.782. The van der Waals surface area contributed by atoms with Gasteiger partial charge in [0.25, 0.3) is 15.9 Å². The first-order valence-corrected chi connectivity index (χ1v) is 10.8. The van der Waals surface area contributed by atoms with Crippen molar-refractivity contribution in [3.63, 3.8) is 0 Å². The fraction of sp³-hybridized carbons (Fsp3) is 0.333. The van der Waals surface area contributed by atoms with Crippen LogP contribution in [0.3, 0.4) is 0 Å². The van der Waals surface area contributed by atoms with E-state index in [0.717, 1.165) is 0 Å². The van der Waals surface area contributed by atoms with E-state index in [4.69, 9.17) is 10.00 Å². The van der Waals surface area contributed by atoms with E-state index in [1.54, 1.807) is 48.2 Å². The van der Waals surface area contributed by atoms with Crippen LogP contribution in [-0.4, -0.2) is 38.9 Å². The van der Waals surface area contributed by atoms with Gasteiger partial charge in [-0.2, -0.15) is 5.26 Å². The van der Waals surface area contributed by atoms with Crippen molar-refractivity contribution in [1.29, 1.82) is 5.26 Å². The number of nitrogens with one attached hydrogen (secondary N) is 1. The van der Waals surface area contributed by atoms with Crippen molar-refractivity contribution in [3.05, 3.63) is 54.1 Å². The van der Waals surface area contributed by atoms with Crippen LogP contribution in [0.25, 0.3) is 0 Å². The van der Waals surface area contributed by atoms with Gasteiger partial charge in [-0.3, -0.25) is 9.52 Å². The fourth-order valence-corrected chi connectivity index (χ4v) is 3.74. The number of anilines is 1. The number of nitrogens with zero attached hydrogens (tertiary/aromatic N) is 2. The Bertz CT molecular complexity index is 964. The highest BCUT2D eigenvalue weighted by atomic mass is 32.2. The molecule has 0 saturated carbocycles. The number of ether oxygens (including phenoxy) is 1. The lowest BCUT2D eigenvalue weighted by Gasteiger charge is -2.22. The van der Waals surface area contributed by atoms with Gasteiger partial charge in [-0.25, -0.2) is 8.42 Å². The minimum absolute atomic E-state index is 0.115. The van der Waals surface area contributed by atoms with Crippen molar-refractivity contribution < 1.29 is 17.9 Å². The Hall–Kier alpha value is -3.05. The van der Waals surface area contributed by atoms with Crippen LogP contribution in [0.2, 0.25) is 0 Å². The summed E-state index contributed by atoms with van der Waals surface area (Å²) >= 11 is 0. The van der Waals surface area contributed by atoms with Gasteiger partial charge in [0.15, 0.2) is 0 Å². The van der Waals surface area contributed by atoms with Gasteiger partial charge in [-0.1, -0.05) is 0 Å². The first-order chi connectivity index (χ1) is 13.8. The Labute approximate surface area is 172 Å². The molecule has 2 rings (SSSR count). The Morgan fingerprint density at radius 2 is 1.76 bits per heavy atom. The highest BCUT2D eigenvalue weighted by Gasteiger charge is 2.18. The summed E-state index contributed by atoms with van der Waals surface area (Å²) in [4.78, 5) is 14.3. The van der Waals surface area contributed by atoms with Crippen molar-refractivity contribution in [2.24, 2.45) is 5.92 Å². The molecule has 154 valence electrons. The summed E-state index contributed by atoms with van der Waals surface area (Å²) < 4.78 is 32.9. The van der Waals surface area contributed by atoms with Crippen LogP contribution in [0.15, 0.2) is 53.4 Å². The lowest BCUT2D eigenvalue weighted by atomic mass is 10.1. The van der Waals surface area contributed by atoms with Crippen molar-refractivity contribution in [2.45, 2.75) is 25.7 Å². The third-order valence-electron chi connectivity index (χ3n) is 4.21. The van der Waals surface area contributed by atoms with Crippen molar-refractivity contribution in [2.75, 3.05) is 24.4 Å². The number of carbonyl (C=O) groups excluding carboxylic acids is 1. The number of rotatable bonds is 9. The lowest BCUT2D eigenvalue weighted by Crippen LogP contribution is -2.34. The minimum Gasteiger partial charge on any atom is -0.494 e. The molecule has 0 aromatic heterocycles. The molecule has 0 aliphatic heterocycles. The van der Waals surface area contributed by atoms with E-state index in [9.17, 15) is 13.2 Å². The number of sulfonamides is 1. The SMILES string of the molecule is CCOc1ccc(S(=O)(=O)Nc2ccc(C(=O)N(CC)CC(C)C#N)cc2)cc1. The molecule has 0 saturated heterocycles. The first kappa shape index (κ1) is 22.2. The van der Waals surface area contributed by atoms with Gasteiger partial charge in [0.2, 0.25) is 0 Å². The summed E-state index contributed by atoms with van der Waals surface area (Å²) in [5.74, 6) is 0.134. The molecule has 7 nitrogen and oxygen atoms in total. The van der Waals surface area contributed by atoms with E-state index in [2.05, 4.69) is 10.8 Å². The first-order valence-electron chi connectivity index (χ1n) is 9.35. The Morgan fingerprint density at radius 3 is 2.28 bits per heavy atom. The van der Waals surface area contributed by atoms with Crippen LogP contribution in [0.4, 0.5) is 5.69 Å². The standard InChI is InChI=1S/C21H25N3O4S/c1-4-24(15-16(3)14-22)21(25)17-6-8-18(9-7-17)23-29(26,27)20-12-10-19(11-13-20)28-5-2/h6-13,16,23H,4-5,15H2,1-3H3. The largest absolute Gasteiger partial charge is 0.494 e. The molecule has 0 spiro atoms. The number of hydrogen-bond donors (Lipinski definition) is 1. The maximum atomic E-state index is 12.6. The molecule has 1 amide bonds. The summed E-state index contributed by atoms with van der Waals surface area (Å²) in [6.07, 6.45) is 0. The number of carbonyl (C=O) groups is 1. The second-order valence-corrected chi connectivity index (χ2v) is 8.14. The molecule has 0 radical (unpaired) electrons. The molecule has 1 atom stereocenters. The van der Waals surface area contributed by atoms with Crippen LogP contribution in [0.1, 0.15) is 31.1 Å². The summed E-state index contributed by atoms with van der Waals surface area (Å²) in [6, 6.07) is 14.5.